The van der Waals surface area contributed by atoms with E-state index in [1.165, 1.54) is 11.0 Å². The van der Waals surface area contributed by atoms with Crippen LogP contribution in [0.15, 0.2) is 12.1 Å². The highest BCUT2D eigenvalue weighted by molar-refractivity contribution is 5.98. The summed E-state index contributed by atoms with van der Waals surface area (Å²) in [5.74, 6) is -1.11. The van der Waals surface area contributed by atoms with Crippen LogP contribution in [-0.4, -0.2) is 34.7 Å². The van der Waals surface area contributed by atoms with Crippen LogP contribution in [0.1, 0.15) is 27.9 Å². The fourth-order valence-corrected chi connectivity index (χ4v) is 2.25. The molecule has 1 heterocycles. The van der Waals surface area contributed by atoms with E-state index in [-0.39, 0.29) is 24.4 Å². The molecule has 0 saturated carbocycles. The van der Waals surface area contributed by atoms with Gasteiger partial charge in [-0.05, 0) is 37.1 Å². The average Bonchev–Trinajstić information content (AvgIpc) is 2.61. The number of amides is 1. The summed E-state index contributed by atoms with van der Waals surface area (Å²) in [5.41, 5.74) is 2.33. The van der Waals surface area contributed by atoms with Crippen LogP contribution in [0.4, 0.5) is 5.69 Å². The van der Waals surface area contributed by atoms with Gasteiger partial charge in [-0.3, -0.25) is 4.79 Å². The third kappa shape index (κ3) is 1.97. The molecular formula is C13H15NO4. The lowest BCUT2D eigenvalue weighted by Gasteiger charge is -2.20. The third-order valence-corrected chi connectivity index (χ3v) is 3.38. The highest BCUT2D eigenvalue weighted by atomic mass is 16.4. The number of carboxylic acids is 1. The predicted octanol–water partition coefficient (Wildman–Crippen LogP) is 1.10. The monoisotopic (exact) mass is 249 g/mol. The van der Waals surface area contributed by atoms with Crippen molar-refractivity contribution >= 4 is 17.6 Å². The van der Waals surface area contributed by atoms with Crippen molar-refractivity contribution in [2.45, 2.75) is 26.4 Å². The van der Waals surface area contributed by atoms with Crippen molar-refractivity contribution in [3.8, 4) is 0 Å². The van der Waals surface area contributed by atoms with Crippen molar-refractivity contribution < 1.29 is 19.8 Å². The second kappa shape index (κ2) is 4.42. The van der Waals surface area contributed by atoms with Crippen LogP contribution in [0, 0.1) is 13.8 Å². The Hall–Kier alpha value is -1.88. The summed E-state index contributed by atoms with van der Waals surface area (Å²) < 4.78 is 0. The molecule has 1 aromatic rings. The minimum absolute atomic E-state index is 0.124. The topological polar surface area (TPSA) is 77.8 Å². The van der Waals surface area contributed by atoms with Crippen LogP contribution in [0.2, 0.25) is 0 Å². The number of benzene rings is 1. The number of carbonyl (C=O) groups is 2. The zero-order valence-corrected chi connectivity index (χ0v) is 10.3. The molecule has 0 spiro atoms. The first-order valence-corrected chi connectivity index (χ1v) is 5.73. The Morgan fingerprint density at radius 3 is 2.50 bits per heavy atom. The number of β-amino-alcohol motifs (C(OH)–C–C–N with tert-alkyl or cyclic N) is 1. The van der Waals surface area contributed by atoms with Gasteiger partial charge in [0.15, 0.2) is 0 Å². The third-order valence-electron chi connectivity index (χ3n) is 3.38. The van der Waals surface area contributed by atoms with Gasteiger partial charge in [-0.15, -0.1) is 0 Å². The van der Waals surface area contributed by atoms with E-state index in [2.05, 4.69) is 0 Å². The molecule has 1 amide bonds. The molecule has 0 aliphatic carbocycles. The number of anilines is 1. The quantitative estimate of drug-likeness (QED) is 0.822. The molecule has 1 atom stereocenters. The molecule has 2 N–H and O–H groups in total. The van der Waals surface area contributed by atoms with Gasteiger partial charge in [0.2, 0.25) is 5.91 Å². The molecule has 5 nitrogen and oxygen atoms in total. The Kier molecular flexibility index (Phi) is 3.09. The van der Waals surface area contributed by atoms with Gasteiger partial charge in [0.05, 0.1) is 24.6 Å². The van der Waals surface area contributed by atoms with E-state index >= 15 is 0 Å². The first-order valence-electron chi connectivity index (χ1n) is 5.73. The van der Waals surface area contributed by atoms with E-state index in [0.717, 1.165) is 5.56 Å². The number of carbonyl (C=O) groups excluding carboxylic acids is 1. The average molecular weight is 249 g/mol. The van der Waals surface area contributed by atoms with Crippen LogP contribution < -0.4 is 4.90 Å². The van der Waals surface area contributed by atoms with Gasteiger partial charge in [-0.1, -0.05) is 0 Å². The van der Waals surface area contributed by atoms with Crippen molar-refractivity contribution in [2.75, 3.05) is 11.4 Å². The normalized spacial score (nSPS) is 19.4. The zero-order chi connectivity index (χ0) is 13.4. The molecule has 0 bridgehead atoms. The van der Waals surface area contributed by atoms with Crippen LogP contribution in [-0.2, 0) is 4.79 Å². The van der Waals surface area contributed by atoms with E-state index in [1.54, 1.807) is 19.9 Å². The van der Waals surface area contributed by atoms with E-state index in [0.29, 0.717) is 11.3 Å². The summed E-state index contributed by atoms with van der Waals surface area (Å²) in [7, 11) is 0. The van der Waals surface area contributed by atoms with Gasteiger partial charge >= 0.3 is 5.97 Å². The lowest BCUT2D eigenvalue weighted by Crippen LogP contribution is -2.26. The first kappa shape index (κ1) is 12.6. The summed E-state index contributed by atoms with van der Waals surface area (Å²) >= 11 is 0. The second-order valence-corrected chi connectivity index (χ2v) is 4.55. The van der Waals surface area contributed by atoms with Crippen LogP contribution >= 0.6 is 0 Å². The number of rotatable bonds is 2. The predicted molar refractivity (Wildman–Crippen MR) is 65.9 cm³/mol. The van der Waals surface area contributed by atoms with Crippen LogP contribution in [0.25, 0.3) is 0 Å². The van der Waals surface area contributed by atoms with Gasteiger partial charge in [-0.2, -0.15) is 0 Å². The number of hydrogen-bond donors (Lipinski definition) is 2. The molecule has 1 aliphatic rings. The SMILES string of the molecule is Cc1c(C(=O)O)ccc(N2CC(O)CC2=O)c1C. The van der Waals surface area contributed by atoms with Gasteiger partial charge in [-0.25, -0.2) is 4.79 Å². The Bertz CT molecular complexity index is 524. The minimum atomic E-state index is -0.977. The van der Waals surface area contributed by atoms with E-state index in [9.17, 15) is 14.7 Å². The second-order valence-electron chi connectivity index (χ2n) is 4.55. The molecule has 2 rings (SSSR count). The van der Waals surface area contributed by atoms with Gasteiger partial charge in [0, 0.05) is 5.69 Å². The lowest BCUT2D eigenvalue weighted by molar-refractivity contribution is -0.117. The molecule has 0 radical (unpaired) electrons. The maximum atomic E-state index is 11.7. The number of nitrogens with zero attached hydrogens (tertiary/aromatic N) is 1. The summed E-state index contributed by atoms with van der Waals surface area (Å²) in [6.07, 6.45) is -0.518. The smallest absolute Gasteiger partial charge is 0.335 e. The first-order chi connectivity index (χ1) is 8.41. The molecule has 1 fully saturated rings. The van der Waals surface area contributed by atoms with Gasteiger partial charge < -0.3 is 15.1 Å². The summed E-state index contributed by atoms with van der Waals surface area (Å²) in [4.78, 5) is 24.2. The lowest BCUT2D eigenvalue weighted by atomic mass is 10.0. The molecule has 0 aromatic heterocycles. The maximum absolute atomic E-state index is 11.7. The molecule has 18 heavy (non-hydrogen) atoms. The highest BCUT2D eigenvalue weighted by Gasteiger charge is 2.30. The molecule has 1 aliphatic heterocycles. The zero-order valence-electron chi connectivity index (χ0n) is 10.3. The van der Waals surface area contributed by atoms with Crippen molar-refractivity contribution in [1.29, 1.82) is 0 Å². The largest absolute Gasteiger partial charge is 0.478 e. The maximum Gasteiger partial charge on any atom is 0.335 e. The Morgan fingerprint density at radius 2 is 2.00 bits per heavy atom. The van der Waals surface area contributed by atoms with Crippen LogP contribution in [0.3, 0.4) is 0 Å². The number of hydrogen-bond acceptors (Lipinski definition) is 3. The Balaban J connectivity index is 2.45. The van der Waals surface area contributed by atoms with Crippen molar-refractivity contribution in [2.24, 2.45) is 0 Å². The van der Waals surface area contributed by atoms with E-state index in [1.807, 2.05) is 0 Å². The summed E-state index contributed by atoms with van der Waals surface area (Å²) in [6, 6.07) is 3.12. The Morgan fingerprint density at radius 1 is 1.33 bits per heavy atom. The van der Waals surface area contributed by atoms with E-state index < -0.39 is 12.1 Å². The summed E-state index contributed by atoms with van der Waals surface area (Å²) in [6.45, 7) is 3.78. The highest BCUT2D eigenvalue weighted by Crippen LogP contribution is 2.29. The molecule has 1 aromatic carbocycles. The molecule has 1 saturated heterocycles. The standard InChI is InChI=1S/C13H15NO4/c1-7-8(2)11(4-3-10(7)13(17)18)14-6-9(15)5-12(14)16/h3-4,9,15H,5-6H2,1-2H3,(H,17,18). The van der Waals surface area contributed by atoms with Crippen molar-refractivity contribution in [1.82, 2.24) is 0 Å². The van der Waals surface area contributed by atoms with Gasteiger partial charge in [0.1, 0.15) is 0 Å². The number of aliphatic hydroxyl groups excluding tert-OH is 1. The number of aromatic carboxylic acids is 1. The number of aliphatic hydroxyl groups is 1. The summed E-state index contributed by atoms with van der Waals surface area (Å²) in [5, 5.41) is 18.5. The number of carboxylic acid groups (broad SMARTS) is 1. The van der Waals surface area contributed by atoms with Gasteiger partial charge in [0.25, 0.3) is 0 Å². The van der Waals surface area contributed by atoms with Crippen molar-refractivity contribution in [3.63, 3.8) is 0 Å². The molecular weight excluding hydrogens is 234 g/mol. The minimum Gasteiger partial charge on any atom is -0.478 e. The molecule has 96 valence electrons. The fourth-order valence-electron chi connectivity index (χ4n) is 2.25. The molecule has 1 unspecified atom stereocenters. The van der Waals surface area contributed by atoms with Crippen LogP contribution in [0.5, 0.6) is 0 Å². The fraction of sp³-hybridized carbons (Fsp3) is 0.385. The van der Waals surface area contributed by atoms with Crippen molar-refractivity contribution in [3.05, 3.63) is 28.8 Å². The molecule has 5 heteroatoms. The Labute approximate surface area is 105 Å². The van der Waals surface area contributed by atoms with E-state index in [4.69, 9.17) is 5.11 Å².